The molecule has 2 aromatic rings. The first-order valence-electron chi connectivity index (χ1n) is 6.67. The van der Waals surface area contributed by atoms with E-state index in [1.807, 2.05) is 0 Å². The van der Waals surface area contributed by atoms with E-state index in [1.165, 1.54) is 6.92 Å². The maximum atomic E-state index is 13.6. The van der Waals surface area contributed by atoms with Crippen LogP contribution < -0.4 is 5.32 Å². The summed E-state index contributed by atoms with van der Waals surface area (Å²) in [5.74, 6) is -4.65. The number of carbonyl (C=O) groups excluding carboxylic acids is 1. The van der Waals surface area contributed by atoms with E-state index in [2.05, 4.69) is 5.32 Å². The average Bonchev–Trinajstić information content (AvgIpc) is 2.48. The summed E-state index contributed by atoms with van der Waals surface area (Å²) in [5.41, 5.74) is -1.13. The van der Waals surface area contributed by atoms with Gasteiger partial charge in [-0.05, 0) is 36.8 Å². The lowest BCUT2D eigenvalue weighted by atomic mass is 10.1. The molecular formula is C16H13F4NO2. The molecule has 0 spiro atoms. The van der Waals surface area contributed by atoms with Gasteiger partial charge in [0.05, 0.1) is 11.1 Å². The van der Waals surface area contributed by atoms with E-state index in [1.54, 1.807) is 0 Å². The highest BCUT2D eigenvalue weighted by Crippen LogP contribution is 2.20. The third-order valence-corrected chi connectivity index (χ3v) is 3.28. The molecule has 2 rings (SSSR count). The molecule has 23 heavy (non-hydrogen) atoms. The summed E-state index contributed by atoms with van der Waals surface area (Å²) in [5, 5.41) is 11.9. The molecule has 0 saturated carbocycles. The van der Waals surface area contributed by atoms with Crippen LogP contribution in [0.4, 0.5) is 17.6 Å². The minimum atomic E-state index is -1.67. The number of benzene rings is 2. The predicted molar refractivity (Wildman–Crippen MR) is 74.7 cm³/mol. The summed E-state index contributed by atoms with van der Waals surface area (Å²) >= 11 is 0. The Morgan fingerprint density at radius 3 is 2.30 bits per heavy atom. The molecule has 1 atom stereocenters. The van der Waals surface area contributed by atoms with Gasteiger partial charge < -0.3 is 10.4 Å². The molecule has 0 bridgehead atoms. The van der Waals surface area contributed by atoms with Crippen LogP contribution in [-0.4, -0.2) is 17.6 Å². The van der Waals surface area contributed by atoms with Gasteiger partial charge in [0.15, 0.2) is 0 Å². The van der Waals surface area contributed by atoms with Crippen molar-refractivity contribution in [2.75, 3.05) is 6.54 Å². The van der Waals surface area contributed by atoms with Crippen molar-refractivity contribution in [1.82, 2.24) is 5.32 Å². The van der Waals surface area contributed by atoms with Gasteiger partial charge in [-0.25, -0.2) is 17.6 Å². The highest BCUT2D eigenvalue weighted by Gasteiger charge is 2.20. The van der Waals surface area contributed by atoms with Gasteiger partial charge in [0.1, 0.15) is 29.4 Å². The predicted octanol–water partition coefficient (Wildman–Crippen LogP) is 3.01. The molecule has 2 aromatic carbocycles. The van der Waals surface area contributed by atoms with Gasteiger partial charge in [0, 0.05) is 6.54 Å². The Bertz CT molecular complexity index is 729. The van der Waals surface area contributed by atoms with E-state index >= 15 is 0 Å². The average molecular weight is 327 g/mol. The zero-order valence-corrected chi connectivity index (χ0v) is 12.0. The molecule has 0 aliphatic rings. The minimum absolute atomic E-state index is 0.0347. The van der Waals surface area contributed by atoms with E-state index in [9.17, 15) is 27.5 Å². The van der Waals surface area contributed by atoms with Gasteiger partial charge in [-0.3, -0.25) is 4.79 Å². The number of aliphatic hydroxyl groups is 1. The monoisotopic (exact) mass is 327 g/mol. The standard InChI is InChI=1S/C16H13F4NO2/c1-8-5-13(20)9(6-12(8)19)16(23)21-7-14(22)15-10(17)3-2-4-11(15)18/h2-6,14,22H,7H2,1H3,(H,21,23). The number of halogens is 4. The molecule has 3 nitrogen and oxygen atoms in total. The highest BCUT2D eigenvalue weighted by molar-refractivity contribution is 5.94. The maximum Gasteiger partial charge on any atom is 0.254 e. The summed E-state index contributed by atoms with van der Waals surface area (Å²) in [4.78, 5) is 11.8. The second-order valence-electron chi connectivity index (χ2n) is 4.94. The maximum absolute atomic E-state index is 13.6. The molecule has 7 heteroatoms. The summed E-state index contributed by atoms with van der Waals surface area (Å²) in [7, 11) is 0. The minimum Gasteiger partial charge on any atom is -0.386 e. The fourth-order valence-electron chi connectivity index (χ4n) is 2.04. The highest BCUT2D eigenvalue weighted by atomic mass is 19.1. The van der Waals surface area contributed by atoms with Crippen LogP contribution in [0.2, 0.25) is 0 Å². The number of aliphatic hydroxyl groups excluding tert-OH is 1. The van der Waals surface area contributed by atoms with Crippen molar-refractivity contribution < 1.29 is 27.5 Å². The normalized spacial score (nSPS) is 12.1. The number of carbonyl (C=O) groups is 1. The molecule has 0 aliphatic carbocycles. The van der Waals surface area contributed by atoms with Gasteiger partial charge in [-0.15, -0.1) is 0 Å². The Hall–Kier alpha value is -2.41. The molecular weight excluding hydrogens is 314 g/mol. The number of amides is 1. The van der Waals surface area contributed by atoms with Crippen LogP contribution in [-0.2, 0) is 0 Å². The zero-order chi connectivity index (χ0) is 17.1. The van der Waals surface area contributed by atoms with Gasteiger partial charge in [-0.2, -0.15) is 0 Å². The van der Waals surface area contributed by atoms with E-state index in [0.29, 0.717) is 0 Å². The molecule has 1 amide bonds. The largest absolute Gasteiger partial charge is 0.386 e. The van der Waals surface area contributed by atoms with Gasteiger partial charge in [0.2, 0.25) is 0 Å². The second kappa shape index (κ2) is 6.78. The first-order chi connectivity index (χ1) is 10.8. The van der Waals surface area contributed by atoms with E-state index < -0.39 is 53.0 Å². The quantitative estimate of drug-likeness (QED) is 0.848. The van der Waals surface area contributed by atoms with Crippen molar-refractivity contribution >= 4 is 5.91 Å². The molecule has 0 heterocycles. The lowest BCUT2D eigenvalue weighted by Gasteiger charge is -2.14. The fraction of sp³-hybridized carbons (Fsp3) is 0.188. The Morgan fingerprint density at radius 1 is 1.09 bits per heavy atom. The molecule has 0 saturated heterocycles. The Labute approximate surface area is 129 Å². The first kappa shape index (κ1) is 17.0. The van der Waals surface area contributed by atoms with Crippen LogP contribution in [0.3, 0.4) is 0 Å². The van der Waals surface area contributed by atoms with Crippen LogP contribution in [0.15, 0.2) is 30.3 Å². The first-order valence-corrected chi connectivity index (χ1v) is 6.67. The summed E-state index contributed by atoms with van der Waals surface area (Å²) in [6.45, 7) is 0.774. The molecule has 0 aromatic heterocycles. The van der Waals surface area contributed by atoms with Crippen molar-refractivity contribution in [2.24, 2.45) is 0 Å². The van der Waals surface area contributed by atoms with Gasteiger partial charge >= 0.3 is 0 Å². The number of hydrogen-bond acceptors (Lipinski definition) is 2. The topological polar surface area (TPSA) is 49.3 Å². The Kier molecular flexibility index (Phi) is 5.00. The second-order valence-corrected chi connectivity index (χ2v) is 4.94. The summed E-state index contributed by atoms with van der Waals surface area (Å²) in [6.07, 6.45) is -1.67. The molecule has 1 unspecified atom stereocenters. The Balaban J connectivity index is 2.12. The number of rotatable bonds is 4. The SMILES string of the molecule is Cc1cc(F)c(C(=O)NCC(O)c2c(F)cccc2F)cc1F. The fourth-order valence-corrected chi connectivity index (χ4v) is 2.04. The van der Waals surface area contributed by atoms with Crippen molar-refractivity contribution in [2.45, 2.75) is 13.0 Å². The third-order valence-electron chi connectivity index (χ3n) is 3.28. The number of hydrogen-bond donors (Lipinski definition) is 2. The van der Waals surface area contributed by atoms with Crippen molar-refractivity contribution in [3.63, 3.8) is 0 Å². The number of aryl methyl sites for hydroxylation is 1. The van der Waals surface area contributed by atoms with E-state index in [0.717, 1.165) is 30.3 Å². The lowest BCUT2D eigenvalue weighted by molar-refractivity contribution is 0.0907. The van der Waals surface area contributed by atoms with E-state index in [4.69, 9.17) is 0 Å². The zero-order valence-electron chi connectivity index (χ0n) is 12.0. The Morgan fingerprint density at radius 2 is 1.70 bits per heavy atom. The molecule has 122 valence electrons. The molecule has 0 aliphatic heterocycles. The van der Waals surface area contributed by atoms with Crippen LogP contribution in [0.25, 0.3) is 0 Å². The van der Waals surface area contributed by atoms with Crippen molar-refractivity contribution in [3.05, 3.63) is 70.3 Å². The summed E-state index contributed by atoms with van der Waals surface area (Å²) in [6, 6.07) is 4.62. The van der Waals surface area contributed by atoms with E-state index in [-0.39, 0.29) is 5.56 Å². The molecule has 0 radical (unpaired) electrons. The van der Waals surface area contributed by atoms with Crippen molar-refractivity contribution in [3.8, 4) is 0 Å². The number of nitrogens with one attached hydrogen (secondary N) is 1. The van der Waals surface area contributed by atoms with Crippen LogP contribution in [0, 0.1) is 30.2 Å². The third kappa shape index (κ3) is 3.68. The smallest absolute Gasteiger partial charge is 0.254 e. The van der Waals surface area contributed by atoms with Crippen LogP contribution >= 0.6 is 0 Å². The lowest BCUT2D eigenvalue weighted by Crippen LogP contribution is -2.30. The molecule has 2 N–H and O–H groups in total. The molecule has 0 fully saturated rings. The van der Waals surface area contributed by atoms with Crippen LogP contribution in [0.1, 0.15) is 27.6 Å². The van der Waals surface area contributed by atoms with Crippen LogP contribution in [0.5, 0.6) is 0 Å². The summed E-state index contributed by atoms with van der Waals surface area (Å²) < 4.78 is 54.0. The van der Waals surface area contributed by atoms with Gasteiger partial charge in [0.25, 0.3) is 5.91 Å². The van der Waals surface area contributed by atoms with Gasteiger partial charge in [-0.1, -0.05) is 6.07 Å². The van der Waals surface area contributed by atoms with Crippen molar-refractivity contribution in [1.29, 1.82) is 0 Å².